The predicted molar refractivity (Wildman–Crippen MR) is 240 cm³/mol. The highest BCUT2D eigenvalue weighted by atomic mass is 19.4. The summed E-state index contributed by atoms with van der Waals surface area (Å²) in [6, 6.07) is 46.2. The lowest BCUT2D eigenvalue weighted by Crippen LogP contribution is -2.11. The number of aromatic nitrogens is 2. The summed E-state index contributed by atoms with van der Waals surface area (Å²) in [7, 11) is 0. The van der Waals surface area contributed by atoms with E-state index in [1.807, 2.05) is 137 Å². The molecule has 10 aromatic rings. The van der Waals surface area contributed by atoms with E-state index in [4.69, 9.17) is 0 Å². The number of para-hydroxylation sites is 2. The van der Waals surface area contributed by atoms with Gasteiger partial charge < -0.3 is 9.13 Å². The summed E-state index contributed by atoms with van der Waals surface area (Å²) in [4.78, 5) is 0. The predicted octanol–water partition coefficient (Wildman–Crippen LogP) is 16.2. The van der Waals surface area contributed by atoms with Gasteiger partial charge in [-0.05, 0) is 115 Å². The van der Waals surface area contributed by atoms with Crippen molar-refractivity contribution in [2.45, 2.75) is 40.0 Å². The maximum atomic E-state index is 15.6. The van der Waals surface area contributed by atoms with Crippen molar-refractivity contribution in [1.29, 1.82) is 0 Å². The Balaban J connectivity index is 1.39. The highest BCUT2D eigenvalue weighted by Gasteiger charge is 2.36. The van der Waals surface area contributed by atoms with Crippen LogP contribution < -0.4 is 0 Å². The molecule has 2 heterocycles. The molecule has 0 bridgehead atoms. The Labute approximate surface area is 353 Å². The normalized spacial score (nSPS) is 12.4. The minimum atomic E-state index is -4.83. The Bertz CT molecular complexity index is 3240. The number of halogens is 6. The van der Waals surface area contributed by atoms with E-state index in [9.17, 15) is 13.2 Å². The van der Waals surface area contributed by atoms with Crippen molar-refractivity contribution in [1.82, 2.24) is 9.13 Å². The molecule has 0 aliphatic heterocycles. The molecule has 10 rings (SSSR count). The van der Waals surface area contributed by atoms with Crippen molar-refractivity contribution in [2.75, 3.05) is 0 Å². The topological polar surface area (TPSA) is 9.86 Å². The Kier molecular flexibility index (Phi) is 9.00. The third kappa shape index (κ3) is 6.44. The molecule has 62 heavy (non-hydrogen) atoms. The Morgan fingerprint density at radius 3 is 1.26 bits per heavy atom. The average Bonchev–Trinajstić information content (AvgIpc) is 3.74. The second-order valence-corrected chi connectivity index (χ2v) is 16.3. The second kappa shape index (κ2) is 14.3. The van der Waals surface area contributed by atoms with Gasteiger partial charge in [-0.1, -0.05) is 120 Å². The Morgan fingerprint density at radius 1 is 0.355 bits per heavy atom. The third-order valence-corrected chi connectivity index (χ3v) is 12.1. The van der Waals surface area contributed by atoms with Crippen LogP contribution in [0.4, 0.5) is 26.3 Å². The van der Waals surface area contributed by atoms with Gasteiger partial charge in [0.15, 0.2) is 0 Å². The van der Waals surface area contributed by atoms with Crippen molar-refractivity contribution in [3.63, 3.8) is 0 Å². The van der Waals surface area contributed by atoms with Gasteiger partial charge in [0.2, 0.25) is 0 Å². The van der Waals surface area contributed by atoms with E-state index in [2.05, 4.69) is 12.1 Å². The maximum absolute atomic E-state index is 15.6. The zero-order valence-electron chi connectivity index (χ0n) is 34.2. The minimum absolute atomic E-state index is 0.0922. The summed E-state index contributed by atoms with van der Waals surface area (Å²) in [6.45, 7) is 8.06. The van der Waals surface area contributed by atoms with Gasteiger partial charge in [0.05, 0.1) is 44.6 Å². The van der Waals surface area contributed by atoms with Crippen molar-refractivity contribution >= 4 is 43.6 Å². The highest BCUT2D eigenvalue weighted by molar-refractivity contribution is 6.13. The SMILES string of the molecule is Cc1ccc(-c2ccc3c4ccccc4n(-c4cc(C(F)(F)F)cc(-n5c6ccccc6c6ccc(-c7ccc(C)cc7C)cc65)c4-c4cccc(C(F)(F)F)c4)c3c2)c(C)c1. The zero-order chi connectivity index (χ0) is 43.2. The summed E-state index contributed by atoms with van der Waals surface area (Å²) in [6.07, 6.45) is -9.55. The van der Waals surface area contributed by atoms with E-state index in [0.717, 1.165) is 90.3 Å². The molecule has 0 unspecified atom stereocenters. The van der Waals surface area contributed by atoms with Crippen LogP contribution in [0.5, 0.6) is 0 Å². The molecule has 0 aliphatic carbocycles. The first-order valence-corrected chi connectivity index (χ1v) is 20.3. The first-order valence-electron chi connectivity index (χ1n) is 20.3. The van der Waals surface area contributed by atoms with Gasteiger partial charge in [-0.2, -0.15) is 26.3 Å². The number of nitrogens with zero attached hydrogens (tertiary/aromatic N) is 2. The summed E-state index contributed by atoms with van der Waals surface area (Å²) >= 11 is 0. The van der Waals surface area contributed by atoms with E-state index >= 15 is 13.2 Å². The van der Waals surface area contributed by atoms with Crippen LogP contribution in [0.15, 0.2) is 158 Å². The molecular formula is C54H38F6N2. The molecule has 2 nitrogen and oxygen atoms in total. The van der Waals surface area contributed by atoms with Crippen molar-refractivity contribution in [3.8, 4) is 44.8 Å². The van der Waals surface area contributed by atoms with Crippen LogP contribution in [0.2, 0.25) is 0 Å². The van der Waals surface area contributed by atoms with Crippen molar-refractivity contribution in [2.24, 2.45) is 0 Å². The molecule has 0 saturated heterocycles. The van der Waals surface area contributed by atoms with Crippen LogP contribution >= 0.6 is 0 Å². The monoisotopic (exact) mass is 828 g/mol. The van der Waals surface area contributed by atoms with Crippen LogP contribution in [0.1, 0.15) is 33.4 Å². The maximum Gasteiger partial charge on any atom is 0.416 e. The van der Waals surface area contributed by atoms with Gasteiger partial charge in [-0.25, -0.2) is 0 Å². The van der Waals surface area contributed by atoms with Crippen LogP contribution in [0, 0.1) is 27.7 Å². The molecule has 0 amide bonds. The van der Waals surface area contributed by atoms with Crippen LogP contribution in [0.25, 0.3) is 88.4 Å². The zero-order valence-corrected chi connectivity index (χ0v) is 34.2. The van der Waals surface area contributed by atoms with Crippen LogP contribution in [0.3, 0.4) is 0 Å². The van der Waals surface area contributed by atoms with E-state index in [-0.39, 0.29) is 22.5 Å². The first kappa shape index (κ1) is 39.1. The van der Waals surface area contributed by atoms with E-state index < -0.39 is 23.5 Å². The molecule has 2 aromatic heterocycles. The molecule has 306 valence electrons. The fourth-order valence-corrected chi connectivity index (χ4v) is 9.35. The van der Waals surface area contributed by atoms with Gasteiger partial charge in [-0.3, -0.25) is 0 Å². The molecule has 0 spiro atoms. The molecule has 8 aromatic carbocycles. The summed E-state index contributed by atoms with van der Waals surface area (Å²) in [5, 5.41) is 3.16. The standard InChI is InChI=1S/C54H38F6N2/c1-31-16-20-40(33(3)24-31)35-18-22-44-42-12-5-7-14-46(42)61(48(44)27-35)50-29-39(54(58,59)60)30-51(52(50)37-10-9-11-38(26-37)53(55,56)57)62-47-15-8-6-13-43(47)45-23-19-36(28-49(45)62)41-21-17-32(2)25-34(41)4/h5-30H,1-4H3. The molecule has 0 radical (unpaired) electrons. The number of alkyl halides is 6. The first-order chi connectivity index (χ1) is 29.7. The van der Waals surface area contributed by atoms with Gasteiger partial charge in [-0.15, -0.1) is 0 Å². The molecule has 0 aliphatic rings. The molecule has 0 saturated carbocycles. The van der Waals surface area contributed by atoms with E-state index in [0.29, 0.717) is 22.1 Å². The lowest BCUT2D eigenvalue weighted by atomic mass is 9.95. The molecule has 0 fully saturated rings. The fourth-order valence-electron chi connectivity index (χ4n) is 9.35. The number of hydrogen-bond donors (Lipinski definition) is 0. The quantitative estimate of drug-likeness (QED) is 0.153. The third-order valence-electron chi connectivity index (χ3n) is 12.1. The summed E-state index contributed by atoms with van der Waals surface area (Å²) < 4.78 is 94.3. The van der Waals surface area contributed by atoms with Crippen molar-refractivity contribution < 1.29 is 26.3 Å². The molecule has 0 atom stereocenters. The smallest absolute Gasteiger partial charge is 0.309 e. The lowest BCUT2D eigenvalue weighted by Gasteiger charge is -2.23. The number of fused-ring (bicyclic) bond motifs is 6. The number of benzene rings is 8. The Morgan fingerprint density at radius 2 is 0.806 bits per heavy atom. The van der Waals surface area contributed by atoms with Crippen LogP contribution in [-0.4, -0.2) is 9.13 Å². The van der Waals surface area contributed by atoms with Crippen LogP contribution in [-0.2, 0) is 12.4 Å². The number of hydrogen-bond acceptors (Lipinski definition) is 0. The molecular weight excluding hydrogens is 791 g/mol. The van der Waals surface area contributed by atoms with E-state index in [1.165, 1.54) is 6.07 Å². The van der Waals surface area contributed by atoms with Gasteiger partial charge in [0.25, 0.3) is 0 Å². The number of rotatable bonds is 5. The summed E-state index contributed by atoms with van der Waals surface area (Å²) in [5.74, 6) is 0. The average molecular weight is 829 g/mol. The minimum Gasteiger partial charge on any atom is -0.309 e. The lowest BCUT2D eigenvalue weighted by molar-refractivity contribution is -0.138. The second-order valence-electron chi connectivity index (χ2n) is 16.3. The largest absolute Gasteiger partial charge is 0.416 e. The van der Waals surface area contributed by atoms with Gasteiger partial charge >= 0.3 is 12.4 Å². The Hall–Kier alpha value is -7.06. The summed E-state index contributed by atoms with van der Waals surface area (Å²) in [5.41, 5.74) is 8.99. The van der Waals surface area contributed by atoms with Gasteiger partial charge in [0.1, 0.15) is 0 Å². The molecule has 8 heteroatoms. The molecule has 0 N–H and O–H groups in total. The van der Waals surface area contributed by atoms with Gasteiger partial charge in [0, 0.05) is 27.1 Å². The van der Waals surface area contributed by atoms with Crippen molar-refractivity contribution in [3.05, 3.63) is 191 Å². The highest BCUT2D eigenvalue weighted by Crippen LogP contribution is 2.47. The van der Waals surface area contributed by atoms with E-state index in [1.54, 1.807) is 15.2 Å². The number of aryl methyl sites for hydroxylation is 4. The fraction of sp³-hybridized carbons (Fsp3) is 0.111.